The third-order valence-electron chi connectivity index (χ3n) is 2.71. The predicted octanol–water partition coefficient (Wildman–Crippen LogP) is 3.01. The number of esters is 1. The van der Waals surface area contributed by atoms with Gasteiger partial charge in [0.05, 0.1) is 13.7 Å². The largest absolute Gasteiger partial charge is 0.496 e. The van der Waals surface area contributed by atoms with E-state index >= 15 is 0 Å². The van der Waals surface area contributed by atoms with E-state index in [0.717, 1.165) is 25.7 Å². The van der Waals surface area contributed by atoms with Gasteiger partial charge in [0.15, 0.2) is 0 Å². The average molecular weight is 251 g/mol. The van der Waals surface area contributed by atoms with Gasteiger partial charge in [-0.05, 0) is 18.6 Å². The van der Waals surface area contributed by atoms with E-state index in [1.807, 2.05) is 0 Å². The molecule has 4 nitrogen and oxygen atoms in total. The molecular formula is C14H21NO3. The molecule has 1 rings (SSSR count). The highest BCUT2D eigenvalue weighted by Gasteiger charge is 2.16. The van der Waals surface area contributed by atoms with E-state index in [4.69, 9.17) is 15.2 Å². The van der Waals surface area contributed by atoms with Crippen molar-refractivity contribution in [2.45, 2.75) is 32.6 Å². The van der Waals surface area contributed by atoms with Gasteiger partial charge in [-0.1, -0.05) is 32.3 Å². The van der Waals surface area contributed by atoms with E-state index in [-0.39, 0.29) is 0 Å². The van der Waals surface area contributed by atoms with E-state index < -0.39 is 5.97 Å². The molecule has 0 atom stereocenters. The van der Waals surface area contributed by atoms with Crippen molar-refractivity contribution in [1.29, 1.82) is 0 Å². The Morgan fingerprint density at radius 2 is 2.06 bits per heavy atom. The molecule has 0 bridgehead atoms. The first-order valence-corrected chi connectivity index (χ1v) is 6.30. The number of carbonyl (C=O) groups is 1. The number of nitrogens with two attached hydrogens (primary N) is 1. The molecule has 0 fully saturated rings. The second-order valence-electron chi connectivity index (χ2n) is 4.12. The van der Waals surface area contributed by atoms with Crippen LogP contribution >= 0.6 is 0 Å². The minimum absolute atomic E-state index is 0.315. The molecule has 0 heterocycles. The third-order valence-corrected chi connectivity index (χ3v) is 2.71. The fourth-order valence-corrected chi connectivity index (χ4v) is 1.70. The number of benzene rings is 1. The number of nitrogen functional groups attached to an aromatic ring is 1. The van der Waals surface area contributed by atoms with Crippen molar-refractivity contribution in [3.63, 3.8) is 0 Å². The molecule has 0 amide bonds. The maximum Gasteiger partial charge on any atom is 0.344 e. The Hall–Kier alpha value is -1.71. The van der Waals surface area contributed by atoms with Crippen LogP contribution in [0.2, 0.25) is 0 Å². The van der Waals surface area contributed by atoms with Crippen LogP contribution in [0.4, 0.5) is 5.69 Å². The zero-order valence-electron chi connectivity index (χ0n) is 11.1. The summed E-state index contributed by atoms with van der Waals surface area (Å²) in [6.45, 7) is 2.57. The highest BCUT2D eigenvalue weighted by Crippen LogP contribution is 2.24. The van der Waals surface area contributed by atoms with Gasteiger partial charge in [0, 0.05) is 5.69 Å². The van der Waals surface area contributed by atoms with Crippen molar-refractivity contribution >= 4 is 11.7 Å². The van der Waals surface area contributed by atoms with Crippen molar-refractivity contribution in [1.82, 2.24) is 0 Å². The molecule has 2 N–H and O–H groups in total. The van der Waals surface area contributed by atoms with Gasteiger partial charge in [0.1, 0.15) is 11.3 Å². The lowest BCUT2D eigenvalue weighted by Gasteiger charge is -2.10. The fraction of sp³-hybridized carbons (Fsp3) is 0.500. The van der Waals surface area contributed by atoms with Gasteiger partial charge in [-0.25, -0.2) is 4.79 Å². The van der Waals surface area contributed by atoms with Crippen molar-refractivity contribution in [2.75, 3.05) is 19.5 Å². The molecule has 0 saturated heterocycles. The Bertz CT molecular complexity index is 391. The second kappa shape index (κ2) is 7.58. The minimum atomic E-state index is -0.415. The summed E-state index contributed by atoms with van der Waals surface area (Å²) in [6, 6.07) is 5.10. The molecule has 18 heavy (non-hydrogen) atoms. The van der Waals surface area contributed by atoms with Crippen molar-refractivity contribution in [3.05, 3.63) is 23.8 Å². The lowest BCUT2D eigenvalue weighted by molar-refractivity contribution is 0.0495. The maximum atomic E-state index is 11.9. The number of ether oxygens (including phenoxy) is 2. The van der Waals surface area contributed by atoms with Gasteiger partial charge in [0.2, 0.25) is 0 Å². The first-order valence-electron chi connectivity index (χ1n) is 6.30. The van der Waals surface area contributed by atoms with Crippen LogP contribution in [0, 0.1) is 0 Å². The van der Waals surface area contributed by atoms with Crippen LogP contribution in [0.3, 0.4) is 0 Å². The number of hydrogen-bond acceptors (Lipinski definition) is 4. The second-order valence-corrected chi connectivity index (χ2v) is 4.12. The zero-order chi connectivity index (χ0) is 13.4. The first kappa shape index (κ1) is 14.4. The molecule has 0 aliphatic carbocycles. The third kappa shape index (κ3) is 3.95. The van der Waals surface area contributed by atoms with Crippen LogP contribution in [-0.4, -0.2) is 19.7 Å². The van der Waals surface area contributed by atoms with Gasteiger partial charge >= 0.3 is 5.97 Å². The van der Waals surface area contributed by atoms with Gasteiger partial charge in [0.25, 0.3) is 0 Å². The summed E-state index contributed by atoms with van der Waals surface area (Å²) in [5.74, 6) is 0.0370. The summed E-state index contributed by atoms with van der Waals surface area (Å²) in [5.41, 5.74) is 6.47. The van der Waals surface area contributed by atoms with Crippen LogP contribution in [0.25, 0.3) is 0 Å². The SMILES string of the molecule is CCCCCCOC(=O)c1c(N)cccc1OC. The van der Waals surface area contributed by atoms with E-state index in [2.05, 4.69) is 6.92 Å². The molecule has 0 aromatic heterocycles. The van der Waals surface area contributed by atoms with Gasteiger partial charge in [-0.2, -0.15) is 0 Å². The van der Waals surface area contributed by atoms with Crippen LogP contribution < -0.4 is 10.5 Å². The Kier molecular flexibility index (Phi) is 6.05. The first-order chi connectivity index (χ1) is 8.70. The van der Waals surface area contributed by atoms with Crippen LogP contribution in [0.1, 0.15) is 43.0 Å². The van der Waals surface area contributed by atoms with Gasteiger partial charge in [-0.15, -0.1) is 0 Å². The van der Waals surface area contributed by atoms with Crippen molar-refractivity contribution < 1.29 is 14.3 Å². The number of unbranched alkanes of at least 4 members (excludes halogenated alkanes) is 3. The lowest BCUT2D eigenvalue weighted by Crippen LogP contribution is -2.11. The average Bonchev–Trinajstić information content (AvgIpc) is 2.37. The molecule has 4 heteroatoms. The molecule has 0 radical (unpaired) electrons. The number of rotatable bonds is 7. The molecule has 0 saturated carbocycles. The molecule has 0 spiro atoms. The normalized spacial score (nSPS) is 10.1. The summed E-state index contributed by atoms with van der Waals surface area (Å²) in [5, 5.41) is 0. The van der Waals surface area contributed by atoms with Gasteiger partial charge in [-0.3, -0.25) is 0 Å². The van der Waals surface area contributed by atoms with Crippen LogP contribution in [0.15, 0.2) is 18.2 Å². The maximum absolute atomic E-state index is 11.9. The monoisotopic (exact) mass is 251 g/mol. The van der Waals surface area contributed by atoms with E-state index in [9.17, 15) is 4.79 Å². The molecule has 0 unspecified atom stereocenters. The number of hydrogen-bond donors (Lipinski definition) is 1. The number of anilines is 1. The highest BCUT2D eigenvalue weighted by atomic mass is 16.5. The summed E-state index contributed by atoms with van der Waals surface area (Å²) < 4.78 is 10.3. The molecular weight excluding hydrogens is 230 g/mol. The molecule has 1 aromatic rings. The van der Waals surface area contributed by atoms with E-state index in [1.54, 1.807) is 18.2 Å². The Balaban J connectivity index is 2.56. The van der Waals surface area contributed by atoms with E-state index in [1.165, 1.54) is 7.11 Å². The molecule has 1 aromatic carbocycles. The number of carbonyl (C=O) groups excluding carboxylic acids is 1. The highest BCUT2D eigenvalue weighted by molar-refractivity contribution is 5.98. The lowest BCUT2D eigenvalue weighted by atomic mass is 10.1. The summed E-state index contributed by atoms with van der Waals surface area (Å²) in [6.07, 6.45) is 4.28. The Labute approximate surface area is 108 Å². The smallest absolute Gasteiger partial charge is 0.344 e. The van der Waals surface area contributed by atoms with Crippen LogP contribution in [-0.2, 0) is 4.74 Å². The molecule has 100 valence electrons. The standard InChI is InChI=1S/C14H21NO3/c1-3-4-5-6-10-18-14(16)13-11(15)8-7-9-12(13)17-2/h7-9H,3-6,10,15H2,1-2H3. The van der Waals surface area contributed by atoms with Crippen LogP contribution in [0.5, 0.6) is 5.75 Å². The Morgan fingerprint density at radius 1 is 1.28 bits per heavy atom. The predicted molar refractivity (Wildman–Crippen MR) is 71.8 cm³/mol. The zero-order valence-corrected chi connectivity index (χ0v) is 11.1. The fourth-order valence-electron chi connectivity index (χ4n) is 1.70. The van der Waals surface area contributed by atoms with Crippen molar-refractivity contribution in [3.8, 4) is 5.75 Å². The molecule has 0 aliphatic rings. The quantitative estimate of drug-likeness (QED) is 0.459. The van der Waals surface area contributed by atoms with E-state index in [0.29, 0.717) is 23.6 Å². The van der Waals surface area contributed by atoms with Gasteiger partial charge < -0.3 is 15.2 Å². The minimum Gasteiger partial charge on any atom is -0.496 e. The summed E-state index contributed by atoms with van der Waals surface area (Å²) >= 11 is 0. The topological polar surface area (TPSA) is 61.5 Å². The van der Waals surface area contributed by atoms with Crippen molar-refractivity contribution in [2.24, 2.45) is 0 Å². The summed E-state index contributed by atoms with van der Waals surface area (Å²) in [4.78, 5) is 11.9. The number of methoxy groups -OCH3 is 1. The Morgan fingerprint density at radius 3 is 2.72 bits per heavy atom. The summed E-state index contributed by atoms with van der Waals surface area (Å²) in [7, 11) is 1.51. The molecule has 0 aliphatic heterocycles.